The maximum Gasteiger partial charge on any atom is 0.162 e. The highest BCUT2D eigenvalue weighted by atomic mass is 32.2. The second kappa shape index (κ2) is 6.83. The lowest BCUT2D eigenvalue weighted by molar-refractivity contribution is 0.171. The molecule has 0 amide bonds. The Labute approximate surface area is 128 Å². The van der Waals surface area contributed by atoms with Crippen LogP contribution >= 0.6 is 11.8 Å². The first-order valence-electron chi connectivity index (χ1n) is 6.93. The molecule has 0 spiro atoms. The summed E-state index contributed by atoms with van der Waals surface area (Å²) in [6, 6.07) is 8.20. The summed E-state index contributed by atoms with van der Waals surface area (Å²) in [7, 11) is 0. The highest BCUT2D eigenvalue weighted by molar-refractivity contribution is 7.98. The maximum absolute atomic E-state index is 5.66. The average molecular weight is 302 g/mol. The van der Waals surface area contributed by atoms with E-state index in [-0.39, 0.29) is 0 Å². The van der Waals surface area contributed by atoms with Crippen molar-refractivity contribution in [2.75, 3.05) is 19.5 Å². The number of ether oxygens (including phenoxy) is 2. The Morgan fingerprint density at radius 2 is 1.81 bits per heavy atom. The van der Waals surface area contributed by atoms with Crippen molar-refractivity contribution in [3.05, 3.63) is 47.8 Å². The number of hydrogen-bond acceptors (Lipinski definition) is 5. The molecule has 2 heterocycles. The standard InChI is InChI=1S/C16H18N2O2S/c1-21-16-9-15-14(19-6-7-20-15)8-13(16)11-18-10-12-2-4-17-5-3-12/h2-5,8-9,18H,6-7,10-11H2,1H3. The topological polar surface area (TPSA) is 43.4 Å². The average Bonchev–Trinajstić information content (AvgIpc) is 2.55. The van der Waals surface area contributed by atoms with Crippen molar-refractivity contribution in [1.29, 1.82) is 0 Å². The fourth-order valence-corrected chi connectivity index (χ4v) is 2.90. The Morgan fingerprint density at radius 1 is 1.10 bits per heavy atom. The van der Waals surface area contributed by atoms with Crippen molar-refractivity contribution >= 4 is 11.8 Å². The molecule has 1 aliphatic rings. The van der Waals surface area contributed by atoms with Crippen molar-refractivity contribution in [3.63, 3.8) is 0 Å². The number of rotatable bonds is 5. The Bertz CT molecular complexity index is 605. The van der Waals surface area contributed by atoms with Crippen LogP contribution in [0, 0.1) is 0 Å². The number of fused-ring (bicyclic) bond motifs is 1. The van der Waals surface area contributed by atoms with Crippen molar-refractivity contribution in [2.24, 2.45) is 0 Å². The first-order chi connectivity index (χ1) is 10.4. The summed E-state index contributed by atoms with van der Waals surface area (Å²) in [6.45, 7) is 2.87. The van der Waals surface area contributed by atoms with Gasteiger partial charge in [0.1, 0.15) is 13.2 Å². The van der Waals surface area contributed by atoms with Gasteiger partial charge in [-0.25, -0.2) is 0 Å². The number of thioether (sulfide) groups is 1. The van der Waals surface area contributed by atoms with E-state index in [2.05, 4.69) is 28.7 Å². The largest absolute Gasteiger partial charge is 0.486 e. The van der Waals surface area contributed by atoms with Crippen LogP contribution in [0.5, 0.6) is 11.5 Å². The number of nitrogens with zero attached hydrogens (tertiary/aromatic N) is 1. The predicted molar refractivity (Wildman–Crippen MR) is 84.0 cm³/mol. The van der Waals surface area contributed by atoms with Gasteiger partial charge in [-0.15, -0.1) is 11.8 Å². The molecule has 0 radical (unpaired) electrons. The molecular formula is C16H18N2O2S. The minimum atomic E-state index is 0.621. The smallest absolute Gasteiger partial charge is 0.162 e. The van der Waals surface area contributed by atoms with Crippen LogP contribution in [0.1, 0.15) is 11.1 Å². The molecule has 1 N–H and O–H groups in total. The molecule has 1 aromatic heterocycles. The van der Waals surface area contributed by atoms with Crippen LogP contribution in [-0.4, -0.2) is 24.5 Å². The molecule has 4 nitrogen and oxygen atoms in total. The Morgan fingerprint density at radius 3 is 2.52 bits per heavy atom. The van der Waals surface area contributed by atoms with Crippen molar-refractivity contribution in [2.45, 2.75) is 18.0 Å². The van der Waals surface area contributed by atoms with E-state index in [9.17, 15) is 0 Å². The van der Waals surface area contributed by atoms with Gasteiger partial charge in [0.25, 0.3) is 0 Å². The van der Waals surface area contributed by atoms with Crippen LogP contribution in [0.3, 0.4) is 0 Å². The van der Waals surface area contributed by atoms with Crippen molar-refractivity contribution < 1.29 is 9.47 Å². The minimum Gasteiger partial charge on any atom is -0.486 e. The lowest BCUT2D eigenvalue weighted by Gasteiger charge is -2.21. The molecule has 3 rings (SSSR count). The van der Waals surface area contributed by atoms with Gasteiger partial charge in [0.2, 0.25) is 0 Å². The van der Waals surface area contributed by atoms with Gasteiger partial charge in [0, 0.05) is 30.4 Å². The van der Waals surface area contributed by atoms with Crippen molar-refractivity contribution in [1.82, 2.24) is 10.3 Å². The molecule has 0 saturated heterocycles. The van der Waals surface area contributed by atoms with Crippen molar-refractivity contribution in [3.8, 4) is 11.5 Å². The lowest BCUT2D eigenvalue weighted by Crippen LogP contribution is -2.17. The predicted octanol–water partition coefficient (Wildman–Crippen LogP) is 2.86. The van der Waals surface area contributed by atoms with E-state index >= 15 is 0 Å². The van der Waals surface area contributed by atoms with Gasteiger partial charge < -0.3 is 14.8 Å². The van der Waals surface area contributed by atoms with E-state index in [1.165, 1.54) is 16.0 Å². The highest BCUT2D eigenvalue weighted by Crippen LogP contribution is 2.36. The van der Waals surface area contributed by atoms with Crippen LogP contribution in [0.4, 0.5) is 0 Å². The Kier molecular flexibility index (Phi) is 4.62. The summed E-state index contributed by atoms with van der Waals surface area (Å²) >= 11 is 1.73. The fraction of sp³-hybridized carbons (Fsp3) is 0.312. The fourth-order valence-electron chi connectivity index (χ4n) is 2.28. The third-order valence-corrected chi connectivity index (χ3v) is 4.16. The summed E-state index contributed by atoms with van der Waals surface area (Å²) in [5.41, 5.74) is 2.47. The molecular weight excluding hydrogens is 284 g/mol. The first-order valence-corrected chi connectivity index (χ1v) is 8.15. The van der Waals surface area contributed by atoms with Crippen LogP contribution in [0.25, 0.3) is 0 Å². The molecule has 0 fully saturated rings. The van der Waals surface area contributed by atoms with E-state index in [1.54, 1.807) is 11.8 Å². The second-order valence-electron chi connectivity index (χ2n) is 4.77. The monoisotopic (exact) mass is 302 g/mol. The van der Waals surface area contributed by atoms with Gasteiger partial charge in [-0.2, -0.15) is 0 Å². The van der Waals surface area contributed by atoms with Crippen LogP contribution in [0.15, 0.2) is 41.6 Å². The Balaban J connectivity index is 1.69. The minimum absolute atomic E-state index is 0.621. The van der Waals surface area contributed by atoms with Gasteiger partial charge in [-0.1, -0.05) is 0 Å². The first kappa shape index (κ1) is 14.2. The van der Waals surface area contributed by atoms with Gasteiger partial charge in [0.15, 0.2) is 11.5 Å². The van der Waals surface area contributed by atoms with Gasteiger partial charge >= 0.3 is 0 Å². The number of pyridine rings is 1. The molecule has 5 heteroatoms. The van der Waals surface area contributed by atoms with E-state index in [1.807, 2.05) is 24.5 Å². The lowest BCUT2D eigenvalue weighted by atomic mass is 10.2. The molecule has 0 unspecified atom stereocenters. The van der Waals surface area contributed by atoms with Gasteiger partial charge in [0.05, 0.1) is 0 Å². The molecule has 0 atom stereocenters. The molecule has 110 valence electrons. The third kappa shape index (κ3) is 3.49. The second-order valence-corrected chi connectivity index (χ2v) is 5.61. The summed E-state index contributed by atoms with van der Waals surface area (Å²) in [5, 5.41) is 3.46. The Hall–Kier alpha value is -1.72. The number of benzene rings is 1. The summed E-state index contributed by atoms with van der Waals surface area (Å²) in [6.07, 6.45) is 5.71. The maximum atomic E-state index is 5.66. The van der Waals surface area contributed by atoms with E-state index in [0.29, 0.717) is 13.2 Å². The number of nitrogens with one attached hydrogen (secondary N) is 1. The molecule has 0 bridgehead atoms. The zero-order valence-corrected chi connectivity index (χ0v) is 12.8. The zero-order chi connectivity index (χ0) is 14.5. The van der Waals surface area contributed by atoms with E-state index in [4.69, 9.17) is 9.47 Å². The number of aromatic nitrogens is 1. The summed E-state index contributed by atoms with van der Waals surface area (Å²) in [4.78, 5) is 5.25. The quantitative estimate of drug-likeness (QED) is 0.860. The molecule has 1 aromatic carbocycles. The number of hydrogen-bond donors (Lipinski definition) is 1. The molecule has 0 saturated carbocycles. The molecule has 21 heavy (non-hydrogen) atoms. The zero-order valence-electron chi connectivity index (χ0n) is 12.0. The van der Waals surface area contributed by atoms with Crippen LogP contribution < -0.4 is 14.8 Å². The van der Waals surface area contributed by atoms with Gasteiger partial charge in [-0.3, -0.25) is 4.98 Å². The SMILES string of the molecule is CSc1cc2c(cc1CNCc1ccncc1)OCCO2. The highest BCUT2D eigenvalue weighted by Gasteiger charge is 2.15. The van der Waals surface area contributed by atoms with Gasteiger partial charge in [-0.05, 0) is 41.6 Å². The van der Waals surface area contributed by atoms with E-state index < -0.39 is 0 Å². The molecule has 2 aromatic rings. The summed E-state index contributed by atoms with van der Waals surface area (Å²) < 4.78 is 11.3. The summed E-state index contributed by atoms with van der Waals surface area (Å²) in [5.74, 6) is 1.70. The normalized spacial score (nSPS) is 13.2. The van der Waals surface area contributed by atoms with E-state index in [0.717, 1.165) is 24.6 Å². The molecule has 0 aliphatic carbocycles. The third-order valence-electron chi connectivity index (χ3n) is 3.34. The molecule has 1 aliphatic heterocycles. The van der Waals surface area contributed by atoms with Crippen LogP contribution in [-0.2, 0) is 13.1 Å². The van der Waals surface area contributed by atoms with Crippen LogP contribution in [0.2, 0.25) is 0 Å².